The van der Waals surface area contributed by atoms with Gasteiger partial charge < -0.3 is 9.73 Å². The fourth-order valence-corrected chi connectivity index (χ4v) is 4.01. The number of nitrogens with one attached hydrogen (secondary N) is 1. The first kappa shape index (κ1) is 16.5. The van der Waals surface area contributed by atoms with Crippen molar-refractivity contribution in [2.75, 3.05) is 10.1 Å². The van der Waals surface area contributed by atoms with Crippen molar-refractivity contribution in [3.05, 3.63) is 52.9 Å². The van der Waals surface area contributed by atoms with E-state index in [1.165, 1.54) is 24.5 Å². The summed E-state index contributed by atoms with van der Waals surface area (Å²) in [6.45, 7) is 0.160. The molecule has 0 radical (unpaired) electrons. The Hall–Kier alpha value is -2.32. The summed E-state index contributed by atoms with van der Waals surface area (Å²) >= 11 is 6.03. The summed E-state index contributed by atoms with van der Waals surface area (Å²) in [6, 6.07) is 7.47. The molecule has 1 aliphatic heterocycles. The lowest BCUT2D eigenvalue weighted by molar-refractivity contribution is -0.116. The molecule has 1 aliphatic rings. The number of hydrogen-bond donors (Lipinski definition) is 1. The lowest BCUT2D eigenvalue weighted by Crippen LogP contribution is -2.30. The van der Waals surface area contributed by atoms with Crippen molar-refractivity contribution in [1.82, 2.24) is 5.32 Å². The van der Waals surface area contributed by atoms with Crippen LogP contribution in [0.15, 0.2) is 41.0 Å². The minimum atomic E-state index is -3.70. The van der Waals surface area contributed by atoms with Crippen LogP contribution in [0.4, 0.5) is 5.69 Å². The average molecular weight is 369 g/mol. The first-order valence-electron chi connectivity index (χ1n) is 7.04. The van der Waals surface area contributed by atoms with Crippen LogP contribution in [-0.4, -0.2) is 26.0 Å². The van der Waals surface area contributed by atoms with Gasteiger partial charge in [0.2, 0.25) is 15.9 Å². The smallest absolute Gasteiger partial charge is 0.253 e. The van der Waals surface area contributed by atoms with Crippen LogP contribution in [0, 0.1) is 0 Å². The maximum atomic E-state index is 12.3. The Kier molecular flexibility index (Phi) is 4.33. The molecule has 1 saturated heterocycles. The number of halogens is 1. The summed E-state index contributed by atoms with van der Waals surface area (Å²) in [5.74, 6) is -0.705. The standard InChI is InChI=1S/C15H13ClN2O5S/c16-13-4-3-10(18-14(19)5-7-24(18,21)22)8-12(13)15(20)17-9-11-2-1-6-23-11/h1-4,6,8H,5,7,9H2,(H,17,20). The van der Waals surface area contributed by atoms with Crippen molar-refractivity contribution in [2.24, 2.45) is 0 Å². The second-order valence-electron chi connectivity index (χ2n) is 5.15. The van der Waals surface area contributed by atoms with E-state index in [1.54, 1.807) is 12.1 Å². The highest BCUT2D eigenvalue weighted by Crippen LogP contribution is 2.29. The number of anilines is 1. The molecule has 2 heterocycles. The molecule has 1 aromatic heterocycles. The van der Waals surface area contributed by atoms with Crippen molar-refractivity contribution >= 4 is 39.1 Å². The van der Waals surface area contributed by atoms with Crippen molar-refractivity contribution in [1.29, 1.82) is 0 Å². The van der Waals surface area contributed by atoms with Crippen LogP contribution in [0.1, 0.15) is 22.5 Å². The summed E-state index contributed by atoms with van der Waals surface area (Å²) in [5.41, 5.74) is 0.181. The van der Waals surface area contributed by atoms with Gasteiger partial charge in [-0.1, -0.05) is 11.6 Å². The van der Waals surface area contributed by atoms with Gasteiger partial charge in [-0.25, -0.2) is 12.7 Å². The molecule has 7 nitrogen and oxygen atoms in total. The molecule has 2 amide bonds. The fraction of sp³-hybridized carbons (Fsp3) is 0.200. The molecule has 0 bridgehead atoms. The molecule has 0 unspecified atom stereocenters. The van der Waals surface area contributed by atoms with E-state index >= 15 is 0 Å². The van der Waals surface area contributed by atoms with Crippen molar-refractivity contribution < 1.29 is 22.4 Å². The van der Waals surface area contributed by atoms with E-state index in [0.717, 1.165) is 0 Å². The van der Waals surface area contributed by atoms with E-state index in [4.69, 9.17) is 16.0 Å². The quantitative estimate of drug-likeness (QED) is 0.889. The molecule has 1 N–H and O–H groups in total. The third-order valence-electron chi connectivity index (χ3n) is 3.51. The third kappa shape index (κ3) is 3.15. The van der Waals surface area contributed by atoms with Crippen LogP contribution in [0.3, 0.4) is 0 Å². The molecule has 126 valence electrons. The van der Waals surface area contributed by atoms with Crippen molar-refractivity contribution in [3.63, 3.8) is 0 Å². The monoisotopic (exact) mass is 368 g/mol. The van der Waals surface area contributed by atoms with Crippen LogP contribution in [0.25, 0.3) is 0 Å². The Morgan fingerprint density at radius 3 is 2.75 bits per heavy atom. The van der Waals surface area contributed by atoms with E-state index in [1.807, 2.05) is 0 Å². The average Bonchev–Trinajstić information content (AvgIpc) is 3.14. The van der Waals surface area contributed by atoms with Crippen LogP contribution >= 0.6 is 11.6 Å². The molecule has 3 rings (SSSR count). The highest BCUT2D eigenvalue weighted by molar-refractivity contribution is 7.94. The Bertz CT molecular complexity index is 893. The van der Waals surface area contributed by atoms with Crippen molar-refractivity contribution in [3.8, 4) is 0 Å². The first-order chi connectivity index (χ1) is 11.4. The predicted octanol–water partition coefficient (Wildman–Crippen LogP) is 1.93. The molecule has 0 spiro atoms. The van der Waals surface area contributed by atoms with E-state index in [0.29, 0.717) is 10.1 Å². The van der Waals surface area contributed by atoms with Crippen LogP contribution in [0.2, 0.25) is 5.02 Å². The SMILES string of the molecule is O=C(NCc1ccco1)c1cc(N2C(=O)CCS2(=O)=O)ccc1Cl. The van der Waals surface area contributed by atoms with Gasteiger partial charge in [0, 0.05) is 6.42 Å². The molecule has 0 atom stereocenters. The zero-order valence-electron chi connectivity index (χ0n) is 12.4. The molecule has 1 aromatic carbocycles. The number of carbonyl (C=O) groups excluding carboxylic acids is 2. The third-order valence-corrected chi connectivity index (χ3v) is 5.53. The Balaban J connectivity index is 1.86. The van der Waals surface area contributed by atoms with Crippen LogP contribution in [0.5, 0.6) is 0 Å². The van der Waals surface area contributed by atoms with E-state index in [2.05, 4.69) is 5.32 Å². The van der Waals surface area contributed by atoms with Gasteiger partial charge >= 0.3 is 0 Å². The highest BCUT2D eigenvalue weighted by Gasteiger charge is 2.36. The van der Waals surface area contributed by atoms with Gasteiger partial charge in [0.05, 0.1) is 34.8 Å². The Labute approximate surface area is 143 Å². The summed E-state index contributed by atoms with van der Waals surface area (Å²) < 4.78 is 29.8. The number of sulfonamides is 1. The second kappa shape index (κ2) is 6.29. The molecule has 2 aromatic rings. The zero-order chi connectivity index (χ0) is 17.3. The number of nitrogens with zero attached hydrogens (tertiary/aromatic N) is 1. The minimum absolute atomic E-state index is 0.0784. The van der Waals surface area contributed by atoms with Crippen molar-refractivity contribution in [2.45, 2.75) is 13.0 Å². The topological polar surface area (TPSA) is 96.7 Å². The molecule has 0 aliphatic carbocycles. The normalized spacial score (nSPS) is 16.4. The Morgan fingerprint density at radius 2 is 2.12 bits per heavy atom. The summed E-state index contributed by atoms with van der Waals surface area (Å²) in [4.78, 5) is 24.1. The van der Waals surface area contributed by atoms with E-state index in [9.17, 15) is 18.0 Å². The maximum Gasteiger partial charge on any atom is 0.253 e. The predicted molar refractivity (Wildman–Crippen MR) is 87.2 cm³/mol. The number of furan rings is 1. The number of amides is 2. The second-order valence-corrected chi connectivity index (χ2v) is 7.49. The highest BCUT2D eigenvalue weighted by atomic mass is 35.5. The Morgan fingerprint density at radius 1 is 1.33 bits per heavy atom. The fourth-order valence-electron chi connectivity index (χ4n) is 2.36. The largest absolute Gasteiger partial charge is 0.467 e. The van der Waals surface area contributed by atoms with Crippen LogP contribution < -0.4 is 9.62 Å². The lowest BCUT2D eigenvalue weighted by atomic mass is 10.1. The number of carbonyl (C=O) groups is 2. The van der Waals surface area contributed by atoms with E-state index < -0.39 is 21.8 Å². The number of rotatable bonds is 4. The minimum Gasteiger partial charge on any atom is -0.467 e. The van der Waals surface area contributed by atoms with Gasteiger partial charge in [0.25, 0.3) is 5.91 Å². The van der Waals surface area contributed by atoms with Gasteiger partial charge in [-0.05, 0) is 30.3 Å². The molecule has 24 heavy (non-hydrogen) atoms. The zero-order valence-corrected chi connectivity index (χ0v) is 13.9. The van der Waals surface area contributed by atoms with E-state index in [-0.39, 0.29) is 35.0 Å². The summed E-state index contributed by atoms with van der Waals surface area (Å²) in [5, 5.41) is 2.77. The van der Waals surface area contributed by atoms with Gasteiger partial charge in [-0.2, -0.15) is 0 Å². The van der Waals surface area contributed by atoms with Gasteiger partial charge in [0.1, 0.15) is 5.76 Å². The van der Waals surface area contributed by atoms with Gasteiger partial charge in [0.15, 0.2) is 0 Å². The lowest BCUT2D eigenvalue weighted by Gasteiger charge is -2.16. The molecule has 1 fully saturated rings. The number of benzene rings is 1. The van der Waals surface area contributed by atoms with Gasteiger partial charge in [-0.15, -0.1) is 0 Å². The van der Waals surface area contributed by atoms with Crippen LogP contribution in [-0.2, 0) is 21.4 Å². The molecule has 9 heteroatoms. The summed E-state index contributed by atoms with van der Waals surface area (Å²) in [6.07, 6.45) is 1.41. The summed E-state index contributed by atoms with van der Waals surface area (Å²) in [7, 11) is -3.70. The first-order valence-corrected chi connectivity index (χ1v) is 9.03. The van der Waals surface area contributed by atoms with Gasteiger partial charge in [-0.3, -0.25) is 9.59 Å². The molecular formula is C15H13ClN2O5S. The number of hydrogen-bond acceptors (Lipinski definition) is 5. The molecular weight excluding hydrogens is 356 g/mol. The molecule has 0 saturated carbocycles. The maximum absolute atomic E-state index is 12.3.